The Morgan fingerprint density at radius 1 is 1.07 bits per heavy atom. The maximum atomic E-state index is 9.87. The predicted molar refractivity (Wildman–Crippen MR) is 58.0 cm³/mol. The molecule has 1 rings (SSSR count). The molecule has 1 aliphatic rings. The monoisotopic (exact) mass is 200 g/mol. The van der Waals surface area contributed by atoms with Crippen molar-refractivity contribution in [1.82, 2.24) is 0 Å². The van der Waals surface area contributed by atoms with Gasteiger partial charge in [-0.25, -0.2) is 0 Å². The van der Waals surface area contributed by atoms with Crippen LogP contribution in [0.2, 0.25) is 0 Å². The van der Waals surface area contributed by atoms with Crippen LogP contribution in [0.5, 0.6) is 0 Å². The van der Waals surface area contributed by atoms with Gasteiger partial charge in [0.05, 0.1) is 12.2 Å². The fourth-order valence-corrected chi connectivity index (χ4v) is 2.62. The van der Waals surface area contributed by atoms with Crippen LogP contribution in [0.25, 0.3) is 0 Å². The average molecular weight is 200 g/mol. The van der Waals surface area contributed by atoms with E-state index in [1.165, 1.54) is 0 Å². The molecule has 1 fully saturated rings. The highest BCUT2D eigenvalue weighted by Crippen LogP contribution is 2.40. The molecule has 0 saturated heterocycles. The first-order chi connectivity index (χ1) is 6.35. The van der Waals surface area contributed by atoms with Crippen LogP contribution in [0.4, 0.5) is 0 Å². The molecule has 0 heterocycles. The van der Waals surface area contributed by atoms with E-state index in [0.717, 1.165) is 19.3 Å². The third-order valence-corrected chi connectivity index (χ3v) is 3.32. The van der Waals surface area contributed by atoms with Gasteiger partial charge in [-0.2, -0.15) is 0 Å². The molecule has 0 aromatic carbocycles. The number of rotatable bonds is 2. The van der Waals surface area contributed by atoms with E-state index in [1.807, 2.05) is 0 Å². The van der Waals surface area contributed by atoms with E-state index in [-0.39, 0.29) is 11.3 Å². The van der Waals surface area contributed by atoms with Crippen molar-refractivity contribution in [2.75, 3.05) is 0 Å². The van der Waals surface area contributed by atoms with Crippen molar-refractivity contribution in [3.05, 3.63) is 0 Å². The summed E-state index contributed by atoms with van der Waals surface area (Å²) in [6, 6.07) is 0. The van der Waals surface area contributed by atoms with Gasteiger partial charge >= 0.3 is 0 Å². The van der Waals surface area contributed by atoms with Crippen LogP contribution >= 0.6 is 0 Å². The minimum atomic E-state index is -0.501. The fraction of sp³-hybridized carbons (Fsp3) is 1.00. The molecule has 4 atom stereocenters. The summed E-state index contributed by atoms with van der Waals surface area (Å²) in [4.78, 5) is 0. The van der Waals surface area contributed by atoms with Crippen LogP contribution in [0.3, 0.4) is 0 Å². The molecule has 84 valence electrons. The molecule has 0 amide bonds. The Kier molecular flexibility index (Phi) is 3.59. The van der Waals surface area contributed by atoms with E-state index in [4.69, 9.17) is 0 Å². The first-order valence-electron chi connectivity index (χ1n) is 5.71. The van der Waals surface area contributed by atoms with Gasteiger partial charge in [-0.1, -0.05) is 34.1 Å². The van der Waals surface area contributed by atoms with Crippen molar-refractivity contribution in [2.45, 2.75) is 59.2 Å². The summed E-state index contributed by atoms with van der Waals surface area (Å²) in [5, 5.41) is 19.6. The standard InChI is InChI=1S/C12H24O2/c1-5-8-6-9(7-12(2,3)4)11(14)10(8)13/h8-11,13-14H,5-7H2,1-4H3. The highest BCUT2D eigenvalue weighted by Gasteiger charge is 2.41. The van der Waals surface area contributed by atoms with Crippen molar-refractivity contribution in [3.8, 4) is 0 Å². The smallest absolute Gasteiger partial charge is 0.0830 e. The van der Waals surface area contributed by atoms with Gasteiger partial charge in [0.2, 0.25) is 0 Å². The largest absolute Gasteiger partial charge is 0.390 e. The second-order valence-electron chi connectivity index (χ2n) is 5.91. The molecule has 0 spiro atoms. The number of aliphatic hydroxyl groups is 2. The third-order valence-electron chi connectivity index (χ3n) is 3.32. The Balaban J connectivity index is 2.57. The summed E-state index contributed by atoms with van der Waals surface area (Å²) in [6.45, 7) is 8.64. The van der Waals surface area contributed by atoms with E-state index < -0.39 is 12.2 Å². The van der Waals surface area contributed by atoms with Crippen LogP contribution in [0.1, 0.15) is 47.0 Å². The van der Waals surface area contributed by atoms with Crippen molar-refractivity contribution in [2.24, 2.45) is 17.3 Å². The highest BCUT2D eigenvalue weighted by molar-refractivity contribution is 4.91. The fourth-order valence-electron chi connectivity index (χ4n) is 2.62. The molecule has 0 aliphatic heterocycles. The van der Waals surface area contributed by atoms with Gasteiger partial charge in [0, 0.05) is 0 Å². The average Bonchev–Trinajstić information content (AvgIpc) is 2.30. The molecule has 14 heavy (non-hydrogen) atoms. The molecule has 2 N–H and O–H groups in total. The predicted octanol–water partition coefficient (Wildman–Crippen LogP) is 2.19. The Bertz CT molecular complexity index is 183. The zero-order chi connectivity index (χ0) is 10.9. The van der Waals surface area contributed by atoms with E-state index in [0.29, 0.717) is 5.92 Å². The quantitative estimate of drug-likeness (QED) is 0.717. The Labute approximate surface area is 87.3 Å². The molecular weight excluding hydrogens is 176 g/mol. The van der Waals surface area contributed by atoms with Crippen molar-refractivity contribution < 1.29 is 10.2 Å². The van der Waals surface area contributed by atoms with Gasteiger partial charge in [-0.15, -0.1) is 0 Å². The Morgan fingerprint density at radius 3 is 1.93 bits per heavy atom. The van der Waals surface area contributed by atoms with Crippen LogP contribution in [-0.2, 0) is 0 Å². The molecule has 0 bridgehead atoms. The van der Waals surface area contributed by atoms with Crippen LogP contribution in [0.15, 0.2) is 0 Å². The van der Waals surface area contributed by atoms with E-state index in [2.05, 4.69) is 27.7 Å². The third kappa shape index (κ3) is 2.71. The zero-order valence-electron chi connectivity index (χ0n) is 9.83. The normalized spacial score (nSPS) is 39.0. The molecule has 0 aromatic rings. The van der Waals surface area contributed by atoms with Gasteiger partial charge < -0.3 is 10.2 Å². The van der Waals surface area contributed by atoms with Gasteiger partial charge in [0.1, 0.15) is 0 Å². The summed E-state index contributed by atoms with van der Waals surface area (Å²) < 4.78 is 0. The zero-order valence-corrected chi connectivity index (χ0v) is 9.83. The lowest BCUT2D eigenvalue weighted by Crippen LogP contribution is -2.29. The molecule has 4 unspecified atom stereocenters. The SMILES string of the molecule is CCC1CC(CC(C)(C)C)C(O)C1O. The van der Waals surface area contributed by atoms with Crippen molar-refractivity contribution in [3.63, 3.8) is 0 Å². The van der Waals surface area contributed by atoms with E-state index in [1.54, 1.807) is 0 Å². The molecule has 2 nitrogen and oxygen atoms in total. The minimum Gasteiger partial charge on any atom is -0.390 e. The molecular formula is C12H24O2. The molecule has 0 aromatic heterocycles. The molecule has 2 heteroatoms. The van der Waals surface area contributed by atoms with Crippen molar-refractivity contribution in [1.29, 1.82) is 0 Å². The topological polar surface area (TPSA) is 40.5 Å². The first-order valence-corrected chi connectivity index (χ1v) is 5.71. The maximum Gasteiger partial charge on any atom is 0.0830 e. The second-order valence-corrected chi connectivity index (χ2v) is 5.91. The van der Waals surface area contributed by atoms with Gasteiger partial charge in [0.15, 0.2) is 0 Å². The Morgan fingerprint density at radius 2 is 1.57 bits per heavy atom. The molecule has 1 aliphatic carbocycles. The summed E-state index contributed by atoms with van der Waals surface area (Å²) in [5.41, 5.74) is 0.244. The lowest BCUT2D eigenvalue weighted by atomic mass is 9.83. The van der Waals surface area contributed by atoms with E-state index >= 15 is 0 Å². The maximum absolute atomic E-state index is 9.87. The summed E-state index contributed by atoms with van der Waals surface area (Å²) in [6.07, 6.45) is 1.96. The lowest BCUT2D eigenvalue weighted by molar-refractivity contribution is -0.00291. The number of hydrogen-bond donors (Lipinski definition) is 2. The van der Waals surface area contributed by atoms with Crippen LogP contribution < -0.4 is 0 Å². The highest BCUT2D eigenvalue weighted by atomic mass is 16.3. The van der Waals surface area contributed by atoms with Gasteiger partial charge in [0.25, 0.3) is 0 Å². The van der Waals surface area contributed by atoms with Crippen molar-refractivity contribution >= 4 is 0 Å². The second kappa shape index (κ2) is 4.19. The number of aliphatic hydroxyl groups excluding tert-OH is 2. The summed E-state index contributed by atoms with van der Waals surface area (Å²) in [7, 11) is 0. The van der Waals surface area contributed by atoms with Crippen LogP contribution in [-0.4, -0.2) is 22.4 Å². The summed E-state index contributed by atoms with van der Waals surface area (Å²) in [5.74, 6) is 0.590. The summed E-state index contributed by atoms with van der Waals surface area (Å²) >= 11 is 0. The Hall–Kier alpha value is -0.0800. The van der Waals surface area contributed by atoms with E-state index in [9.17, 15) is 10.2 Å². The molecule has 0 radical (unpaired) electrons. The lowest BCUT2D eigenvalue weighted by Gasteiger charge is -2.25. The van der Waals surface area contributed by atoms with Gasteiger partial charge in [-0.3, -0.25) is 0 Å². The van der Waals surface area contributed by atoms with Gasteiger partial charge in [-0.05, 0) is 30.1 Å². The minimum absolute atomic E-state index is 0.244. The molecule has 1 saturated carbocycles. The first kappa shape index (κ1) is 12.0. The number of hydrogen-bond acceptors (Lipinski definition) is 2. The van der Waals surface area contributed by atoms with Crippen LogP contribution in [0, 0.1) is 17.3 Å².